The summed E-state index contributed by atoms with van der Waals surface area (Å²) in [6.45, 7) is 9.63. The number of unbranched alkanes of at least 4 members (excludes halogenated alkanes) is 5. The van der Waals surface area contributed by atoms with Gasteiger partial charge in [0.25, 0.3) is 0 Å². The van der Waals surface area contributed by atoms with E-state index in [1.807, 2.05) is 13.8 Å². The molecular formula is C30H46N4O2. The summed E-state index contributed by atoms with van der Waals surface area (Å²) in [5.74, 6) is 0. The summed E-state index contributed by atoms with van der Waals surface area (Å²) in [5, 5.41) is 24.6. The first-order valence-electron chi connectivity index (χ1n) is 13.5. The molecule has 0 atom stereocenters. The number of oxime groups is 2. The molecule has 0 saturated heterocycles. The monoisotopic (exact) mass is 494 g/mol. The molecule has 0 unspecified atom stereocenters. The maximum atomic E-state index is 8.98. The minimum Gasteiger partial charge on any atom is -0.411 e. The van der Waals surface area contributed by atoms with Gasteiger partial charge in [-0.2, -0.15) is 0 Å². The fraction of sp³-hybridized carbons (Fsp3) is 0.533. The topological polar surface area (TPSA) is 71.7 Å². The number of rotatable bonds is 19. The zero-order valence-corrected chi connectivity index (χ0v) is 22.4. The minimum atomic E-state index is 0.785. The molecule has 0 bridgehead atoms. The van der Waals surface area contributed by atoms with Gasteiger partial charge in [-0.15, -0.1) is 0 Å². The van der Waals surface area contributed by atoms with Gasteiger partial charge in [-0.1, -0.05) is 96.7 Å². The van der Waals surface area contributed by atoms with Crippen molar-refractivity contribution in [3.05, 3.63) is 71.8 Å². The third-order valence-electron chi connectivity index (χ3n) is 6.62. The summed E-state index contributed by atoms with van der Waals surface area (Å²) in [7, 11) is 0. The lowest BCUT2D eigenvalue weighted by atomic mass is 10.1. The quantitative estimate of drug-likeness (QED) is 0.0973. The van der Waals surface area contributed by atoms with Crippen LogP contribution in [0.3, 0.4) is 0 Å². The molecule has 0 saturated carbocycles. The molecule has 2 N–H and O–H groups in total. The Bertz CT molecular complexity index is 798. The van der Waals surface area contributed by atoms with Crippen LogP contribution in [0.2, 0.25) is 0 Å². The molecule has 0 aliphatic heterocycles. The average molecular weight is 495 g/mol. The largest absolute Gasteiger partial charge is 0.411 e. The molecule has 0 aliphatic rings. The predicted molar refractivity (Wildman–Crippen MR) is 150 cm³/mol. The molecule has 0 aromatic heterocycles. The molecule has 0 radical (unpaired) electrons. The van der Waals surface area contributed by atoms with Gasteiger partial charge in [0.1, 0.15) is 0 Å². The van der Waals surface area contributed by atoms with E-state index in [1.165, 1.54) is 49.7 Å². The van der Waals surface area contributed by atoms with Crippen molar-refractivity contribution < 1.29 is 10.4 Å². The summed E-state index contributed by atoms with van der Waals surface area (Å²) in [6, 6.07) is 21.2. The van der Waals surface area contributed by atoms with Crippen LogP contribution in [0.1, 0.15) is 76.3 Å². The number of nitrogens with zero attached hydrogens (tertiary/aromatic N) is 4. The third kappa shape index (κ3) is 13.4. The van der Waals surface area contributed by atoms with E-state index >= 15 is 0 Å². The van der Waals surface area contributed by atoms with Crippen molar-refractivity contribution in [2.75, 3.05) is 26.2 Å². The van der Waals surface area contributed by atoms with Crippen molar-refractivity contribution in [1.29, 1.82) is 0 Å². The zero-order chi connectivity index (χ0) is 25.8. The van der Waals surface area contributed by atoms with Crippen LogP contribution < -0.4 is 0 Å². The van der Waals surface area contributed by atoms with Crippen LogP contribution in [-0.4, -0.2) is 57.8 Å². The Hall–Kier alpha value is -2.70. The Balaban J connectivity index is 1.66. The molecule has 0 fully saturated rings. The van der Waals surface area contributed by atoms with Gasteiger partial charge in [0.15, 0.2) is 0 Å². The third-order valence-corrected chi connectivity index (χ3v) is 6.62. The molecule has 0 spiro atoms. The van der Waals surface area contributed by atoms with Crippen LogP contribution in [-0.2, 0) is 13.1 Å². The van der Waals surface area contributed by atoms with E-state index in [9.17, 15) is 0 Å². The van der Waals surface area contributed by atoms with Gasteiger partial charge in [0, 0.05) is 39.0 Å². The van der Waals surface area contributed by atoms with Gasteiger partial charge in [0.2, 0.25) is 0 Å². The fourth-order valence-electron chi connectivity index (χ4n) is 4.34. The van der Waals surface area contributed by atoms with Crippen LogP contribution in [0.25, 0.3) is 0 Å². The molecule has 2 aromatic rings. The Kier molecular flexibility index (Phi) is 15.2. The maximum absolute atomic E-state index is 8.98. The highest BCUT2D eigenvalue weighted by molar-refractivity contribution is 5.81. The van der Waals surface area contributed by atoms with E-state index in [0.717, 1.165) is 63.5 Å². The Morgan fingerprint density at radius 2 is 0.917 bits per heavy atom. The second-order valence-electron chi connectivity index (χ2n) is 9.82. The molecule has 198 valence electrons. The number of benzene rings is 2. The summed E-state index contributed by atoms with van der Waals surface area (Å²) in [6.07, 6.45) is 9.02. The molecule has 0 aliphatic carbocycles. The van der Waals surface area contributed by atoms with Crippen LogP contribution in [0.5, 0.6) is 0 Å². The predicted octanol–water partition coefficient (Wildman–Crippen LogP) is 6.81. The summed E-state index contributed by atoms with van der Waals surface area (Å²) in [5.41, 5.74) is 4.23. The molecule has 0 amide bonds. The fourth-order valence-corrected chi connectivity index (χ4v) is 4.34. The first-order valence-corrected chi connectivity index (χ1v) is 13.5. The molecule has 6 nitrogen and oxygen atoms in total. The Morgan fingerprint density at radius 1 is 0.556 bits per heavy atom. The highest BCUT2D eigenvalue weighted by Crippen LogP contribution is 2.12. The summed E-state index contributed by atoms with van der Waals surface area (Å²) in [4.78, 5) is 4.95. The summed E-state index contributed by atoms with van der Waals surface area (Å²) < 4.78 is 0. The molecule has 2 rings (SSSR count). The van der Waals surface area contributed by atoms with Gasteiger partial charge < -0.3 is 10.4 Å². The molecule has 36 heavy (non-hydrogen) atoms. The second kappa shape index (κ2) is 18.6. The second-order valence-corrected chi connectivity index (χ2v) is 9.82. The van der Waals surface area contributed by atoms with Gasteiger partial charge in [-0.3, -0.25) is 9.80 Å². The Labute approximate surface area is 218 Å². The number of hydrogen-bond acceptors (Lipinski definition) is 6. The average Bonchev–Trinajstić information content (AvgIpc) is 2.92. The molecule has 0 heterocycles. The highest BCUT2D eigenvalue weighted by atomic mass is 16.4. The van der Waals surface area contributed by atoms with Crippen molar-refractivity contribution in [1.82, 2.24) is 9.80 Å². The lowest BCUT2D eigenvalue weighted by Crippen LogP contribution is -2.27. The van der Waals surface area contributed by atoms with Crippen molar-refractivity contribution in [2.45, 2.75) is 78.3 Å². The van der Waals surface area contributed by atoms with E-state index in [1.54, 1.807) is 0 Å². The van der Waals surface area contributed by atoms with Gasteiger partial charge in [-0.05, 0) is 50.9 Å². The SMILES string of the molecule is CC(CCN(CCCCCCCCN(CCC(C)=NO)Cc1ccccc1)Cc1ccccc1)=NO. The lowest BCUT2D eigenvalue weighted by Gasteiger charge is -2.23. The van der Waals surface area contributed by atoms with Crippen molar-refractivity contribution in [3.8, 4) is 0 Å². The molecule has 6 heteroatoms. The molecular weight excluding hydrogens is 448 g/mol. The lowest BCUT2D eigenvalue weighted by molar-refractivity contribution is 0.259. The number of hydrogen-bond donors (Lipinski definition) is 2. The van der Waals surface area contributed by atoms with E-state index in [0.29, 0.717) is 0 Å². The maximum Gasteiger partial charge on any atom is 0.0552 e. The standard InChI is InChI=1S/C30H46N4O2/c1-27(31-35)19-23-33(25-29-15-9-7-10-16-29)21-13-5-3-4-6-14-22-34(24-20-28(2)32-36)26-30-17-11-8-12-18-30/h7-12,15-18,35-36H,3-6,13-14,19-26H2,1-2H3. The van der Waals surface area contributed by atoms with E-state index in [2.05, 4.69) is 80.8 Å². The van der Waals surface area contributed by atoms with Crippen molar-refractivity contribution in [3.63, 3.8) is 0 Å². The van der Waals surface area contributed by atoms with Crippen molar-refractivity contribution >= 4 is 11.4 Å². The Morgan fingerprint density at radius 3 is 1.28 bits per heavy atom. The van der Waals surface area contributed by atoms with Gasteiger partial charge >= 0.3 is 0 Å². The first-order chi connectivity index (χ1) is 17.6. The van der Waals surface area contributed by atoms with E-state index < -0.39 is 0 Å². The van der Waals surface area contributed by atoms with Crippen LogP contribution in [0, 0.1) is 0 Å². The first kappa shape index (κ1) is 29.5. The van der Waals surface area contributed by atoms with E-state index in [4.69, 9.17) is 10.4 Å². The highest BCUT2D eigenvalue weighted by Gasteiger charge is 2.09. The smallest absolute Gasteiger partial charge is 0.0552 e. The van der Waals surface area contributed by atoms with Crippen LogP contribution in [0.4, 0.5) is 0 Å². The van der Waals surface area contributed by atoms with Gasteiger partial charge in [-0.25, -0.2) is 0 Å². The van der Waals surface area contributed by atoms with Gasteiger partial charge in [0.05, 0.1) is 11.4 Å². The van der Waals surface area contributed by atoms with E-state index in [-0.39, 0.29) is 0 Å². The summed E-state index contributed by atoms with van der Waals surface area (Å²) >= 11 is 0. The molecule has 2 aromatic carbocycles. The zero-order valence-electron chi connectivity index (χ0n) is 22.4. The minimum absolute atomic E-state index is 0.785. The van der Waals surface area contributed by atoms with Crippen LogP contribution >= 0.6 is 0 Å². The van der Waals surface area contributed by atoms with Crippen LogP contribution in [0.15, 0.2) is 71.0 Å². The normalized spacial score (nSPS) is 12.6. The van der Waals surface area contributed by atoms with Crippen molar-refractivity contribution in [2.24, 2.45) is 10.3 Å².